The van der Waals surface area contributed by atoms with Gasteiger partial charge >= 0.3 is 5.89 Å². The molecular weight excluding hydrogens is 344 g/mol. The summed E-state index contributed by atoms with van der Waals surface area (Å²) in [5, 5.41) is 0. The molecule has 136 valence electrons. The highest BCUT2D eigenvalue weighted by Gasteiger charge is 2.18. The molecule has 3 heteroatoms. The average molecular weight is 365 g/mol. The highest BCUT2D eigenvalue weighted by atomic mass is 16.3. The molecule has 3 aromatic heterocycles. The van der Waals surface area contributed by atoms with Gasteiger partial charge in [-0.25, -0.2) is 0 Å². The van der Waals surface area contributed by atoms with Gasteiger partial charge < -0.3 is 8.82 Å². The predicted molar refractivity (Wildman–Crippen MR) is 114 cm³/mol. The quantitative estimate of drug-likeness (QED) is 0.367. The lowest BCUT2D eigenvalue weighted by Crippen LogP contribution is -2.33. The van der Waals surface area contributed by atoms with Gasteiger partial charge in [0.05, 0.1) is 11.6 Å². The minimum absolute atomic E-state index is 0.859. The molecule has 0 fully saturated rings. The van der Waals surface area contributed by atoms with E-state index in [2.05, 4.69) is 89.0 Å². The van der Waals surface area contributed by atoms with Crippen LogP contribution in [0.5, 0.6) is 0 Å². The summed E-state index contributed by atoms with van der Waals surface area (Å²) in [6, 6.07) is 25.0. The fraction of sp³-hybridized carbons (Fsp3) is 0.0800. The zero-order chi connectivity index (χ0) is 18.9. The van der Waals surface area contributed by atoms with Crippen molar-refractivity contribution in [2.45, 2.75) is 13.5 Å². The zero-order valence-corrected chi connectivity index (χ0v) is 15.7. The molecule has 3 nitrogen and oxygen atoms in total. The van der Waals surface area contributed by atoms with E-state index in [0.717, 1.165) is 23.5 Å². The van der Waals surface area contributed by atoms with Crippen molar-refractivity contribution in [1.82, 2.24) is 4.40 Å². The zero-order valence-electron chi connectivity index (χ0n) is 15.7. The van der Waals surface area contributed by atoms with Crippen LogP contribution < -0.4 is 4.57 Å². The average Bonchev–Trinajstić information content (AvgIpc) is 3.30. The van der Waals surface area contributed by atoms with Crippen LogP contribution in [0.25, 0.3) is 39.9 Å². The molecule has 0 amide bonds. The number of pyridine rings is 1. The monoisotopic (exact) mass is 365 g/mol. The van der Waals surface area contributed by atoms with E-state index in [4.69, 9.17) is 4.42 Å². The maximum absolute atomic E-state index is 6.12. The Labute approximate surface area is 163 Å². The molecular formula is C25H21N2O+. The molecule has 0 unspecified atom stereocenters. The predicted octanol–water partition coefficient (Wildman–Crippen LogP) is 5.83. The second-order valence-corrected chi connectivity index (χ2v) is 6.80. The lowest BCUT2D eigenvalue weighted by Gasteiger charge is -2.00. The van der Waals surface area contributed by atoms with Gasteiger partial charge in [0.15, 0.2) is 0 Å². The smallest absolute Gasteiger partial charge is 0.374 e. The van der Waals surface area contributed by atoms with E-state index in [-0.39, 0.29) is 0 Å². The van der Waals surface area contributed by atoms with Crippen molar-refractivity contribution >= 4 is 28.8 Å². The number of nitrogens with zero attached hydrogens (tertiary/aromatic N) is 2. The van der Waals surface area contributed by atoms with Crippen LogP contribution in [0.3, 0.4) is 0 Å². The molecule has 0 aliphatic rings. The summed E-state index contributed by atoms with van der Waals surface area (Å²) in [6.07, 6.45) is 8.53. The summed E-state index contributed by atoms with van der Waals surface area (Å²) >= 11 is 0. The highest BCUT2D eigenvalue weighted by molar-refractivity contribution is 5.89. The Morgan fingerprint density at radius 2 is 1.68 bits per heavy atom. The first-order valence-electron chi connectivity index (χ1n) is 9.59. The summed E-state index contributed by atoms with van der Waals surface area (Å²) in [4.78, 5) is 0. The standard InChI is InChI=1S/C25H21N2O/c1-2-27-23-13-6-7-14-24(23)28-25(27)16-15-20-21(19-10-4-3-5-11-19)18-26-17-9-8-12-22(20)26/h3-18H,2H2,1H3/q+1. The van der Waals surface area contributed by atoms with E-state index in [9.17, 15) is 0 Å². The Balaban J connectivity index is 1.68. The minimum atomic E-state index is 0.859. The third-order valence-electron chi connectivity index (χ3n) is 5.15. The molecule has 0 aliphatic heterocycles. The number of rotatable bonds is 4. The Hall–Kier alpha value is -3.59. The van der Waals surface area contributed by atoms with Crippen molar-refractivity contribution in [3.63, 3.8) is 0 Å². The van der Waals surface area contributed by atoms with Crippen LogP contribution in [0.2, 0.25) is 0 Å². The lowest BCUT2D eigenvalue weighted by atomic mass is 10.0. The van der Waals surface area contributed by atoms with Crippen molar-refractivity contribution in [2.75, 3.05) is 0 Å². The largest absolute Gasteiger partial charge is 0.398 e. The van der Waals surface area contributed by atoms with Crippen molar-refractivity contribution in [3.8, 4) is 11.1 Å². The highest BCUT2D eigenvalue weighted by Crippen LogP contribution is 2.30. The molecule has 5 rings (SSSR count). The van der Waals surface area contributed by atoms with Gasteiger partial charge in [-0.3, -0.25) is 0 Å². The Morgan fingerprint density at radius 3 is 2.54 bits per heavy atom. The summed E-state index contributed by atoms with van der Waals surface area (Å²) < 4.78 is 10.5. The second kappa shape index (κ2) is 6.86. The number of hydrogen-bond acceptors (Lipinski definition) is 1. The van der Waals surface area contributed by atoms with E-state index < -0.39 is 0 Å². The van der Waals surface area contributed by atoms with Crippen LogP contribution >= 0.6 is 0 Å². The third-order valence-corrected chi connectivity index (χ3v) is 5.15. The minimum Gasteiger partial charge on any atom is -0.398 e. The van der Waals surface area contributed by atoms with Crippen molar-refractivity contribution in [1.29, 1.82) is 0 Å². The number of benzene rings is 2. The molecule has 0 radical (unpaired) electrons. The second-order valence-electron chi connectivity index (χ2n) is 6.80. The molecule has 0 spiro atoms. The van der Waals surface area contributed by atoms with Crippen molar-refractivity contribution in [2.24, 2.45) is 0 Å². The van der Waals surface area contributed by atoms with Gasteiger partial charge in [0.2, 0.25) is 5.58 Å². The van der Waals surface area contributed by atoms with E-state index in [1.165, 1.54) is 22.2 Å². The maximum Gasteiger partial charge on any atom is 0.374 e. The fourth-order valence-corrected chi connectivity index (χ4v) is 3.82. The van der Waals surface area contributed by atoms with Crippen LogP contribution in [0.4, 0.5) is 0 Å². The maximum atomic E-state index is 6.12. The molecule has 0 N–H and O–H groups in total. The summed E-state index contributed by atoms with van der Waals surface area (Å²) in [5.74, 6) is 0.859. The van der Waals surface area contributed by atoms with Crippen molar-refractivity contribution in [3.05, 3.63) is 96.6 Å². The normalized spacial score (nSPS) is 11.8. The van der Waals surface area contributed by atoms with Crippen molar-refractivity contribution < 1.29 is 8.98 Å². The lowest BCUT2D eigenvalue weighted by molar-refractivity contribution is -0.674. The molecule has 2 aromatic carbocycles. The van der Waals surface area contributed by atoms with Gasteiger partial charge in [0, 0.05) is 29.6 Å². The van der Waals surface area contributed by atoms with E-state index >= 15 is 0 Å². The number of hydrogen-bond donors (Lipinski definition) is 0. The van der Waals surface area contributed by atoms with Gasteiger partial charge in [-0.15, -0.1) is 0 Å². The van der Waals surface area contributed by atoms with E-state index in [1.54, 1.807) is 0 Å². The molecule has 28 heavy (non-hydrogen) atoms. The Morgan fingerprint density at radius 1 is 0.893 bits per heavy atom. The first-order valence-corrected chi connectivity index (χ1v) is 9.59. The van der Waals surface area contributed by atoms with Gasteiger partial charge in [-0.05, 0) is 36.8 Å². The Kier molecular flexibility index (Phi) is 4.06. The Bertz CT molecular complexity index is 1290. The SMILES string of the molecule is CC[n+]1c(/C=C/c2c(-c3ccccc3)cn3ccccc23)oc2ccccc21. The summed E-state index contributed by atoms with van der Waals surface area (Å²) in [5.41, 5.74) is 6.82. The molecule has 0 aliphatic carbocycles. The van der Waals surface area contributed by atoms with Crippen LogP contribution in [0, 0.1) is 0 Å². The van der Waals surface area contributed by atoms with E-state index in [0.29, 0.717) is 0 Å². The molecule has 5 aromatic rings. The molecule has 0 bridgehead atoms. The summed E-state index contributed by atoms with van der Waals surface area (Å²) in [6.45, 7) is 3.00. The number of aromatic nitrogens is 2. The van der Waals surface area contributed by atoms with Crippen LogP contribution in [0.1, 0.15) is 18.4 Å². The van der Waals surface area contributed by atoms with Gasteiger partial charge in [-0.1, -0.05) is 48.5 Å². The first-order chi connectivity index (χ1) is 13.8. The fourth-order valence-electron chi connectivity index (χ4n) is 3.82. The van der Waals surface area contributed by atoms with Gasteiger partial charge in [0.1, 0.15) is 6.54 Å². The number of aryl methyl sites for hydroxylation is 1. The van der Waals surface area contributed by atoms with Crippen LogP contribution in [-0.4, -0.2) is 4.40 Å². The molecule has 0 atom stereocenters. The molecule has 0 saturated heterocycles. The molecule has 0 saturated carbocycles. The number of oxazole rings is 1. The number of para-hydroxylation sites is 2. The third kappa shape index (κ3) is 2.72. The van der Waals surface area contributed by atoms with Crippen LogP contribution in [-0.2, 0) is 6.54 Å². The van der Waals surface area contributed by atoms with Gasteiger partial charge in [0.25, 0.3) is 5.52 Å². The molecule has 3 heterocycles. The number of fused-ring (bicyclic) bond motifs is 2. The summed E-state index contributed by atoms with van der Waals surface area (Å²) in [7, 11) is 0. The van der Waals surface area contributed by atoms with Gasteiger partial charge in [-0.2, -0.15) is 4.57 Å². The first kappa shape index (κ1) is 16.6. The van der Waals surface area contributed by atoms with Crippen LogP contribution in [0.15, 0.2) is 89.6 Å². The van der Waals surface area contributed by atoms with E-state index in [1.807, 2.05) is 24.3 Å². The topological polar surface area (TPSA) is 21.4 Å².